The highest BCUT2D eigenvalue weighted by Gasteiger charge is 2.27. The number of rotatable bonds is 15. The van der Waals surface area contributed by atoms with Crippen LogP contribution >= 0.6 is 0 Å². The molecule has 0 radical (unpaired) electrons. The van der Waals surface area contributed by atoms with E-state index in [4.69, 9.17) is 14.2 Å². The van der Waals surface area contributed by atoms with Crippen LogP contribution in [0.2, 0.25) is 0 Å². The molecular formula is C26H27F5O4. The van der Waals surface area contributed by atoms with E-state index in [1.165, 1.54) is 12.1 Å². The van der Waals surface area contributed by atoms with Gasteiger partial charge in [-0.25, -0.2) is 26.7 Å². The van der Waals surface area contributed by atoms with E-state index >= 15 is 0 Å². The third-order valence-corrected chi connectivity index (χ3v) is 4.95. The SMILES string of the molecule is C=CCCCCCOc1ccc(OCCCC=C)cc1C(=O)OCc1c(F)c(F)c(F)c(F)c1F. The summed E-state index contributed by atoms with van der Waals surface area (Å²) in [5.41, 5.74) is -1.36. The minimum atomic E-state index is -2.29. The largest absolute Gasteiger partial charge is 0.494 e. The Morgan fingerprint density at radius 2 is 1.37 bits per heavy atom. The summed E-state index contributed by atoms with van der Waals surface area (Å²) >= 11 is 0. The predicted molar refractivity (Wildman–Crippen MR) is 121 cm³/mol. The minimum absolute atomic E-state index is 0.110. The first-order valence-electron chi connectivity index (χ1n) is 11.1. The topological polar surface area (TPSA) is 44.8 Å². The summed E-state index contributed by atoms with van der Waals surface area (Å²) in [7, 11) is 0. The first-order chi connectivity index (χ1) is 16.8. The maximum Gasteiger partial charge on any atom is 0.342 e. The smallest absolute Gasteiger partial charge is 0.342 e. The number of carbonyl (C=O) groups is 1. The van der Waals surface area contributed by atoms with Gasteiger partial charge in [0.15, 0.2) is 23.3 Å². The van der Waals surface area contributed by atoms with Crippen molar-refractivity contribution in [1.82, 2.24) is 0 Å². The molecule has 0 aromatic heterocycles. The van der Waals surface area contributed by atoms with Crippen LogP contribution in [0.15, 0.2) is 43.5 Å². The van der Waals surface area contributed by atoms with Crippen LogP contribution in [0.5, 0.6) is 11.5 Å². The zero-order valence-corrected chi connectivity index (χ0v) is 19.2. The number of halogens is 5. The van der Waals surface area contributed by atoms with E-state index in [9.17, 15) is 26.7 Å². The number of esters is 1. The van der Waals surface area contributed by atoms with E-state index in [-0.39, 0.29) is 17.9 Å². The molecule has 0 unspecified atom stereocenters. The van der Waals surface area contributed by atoms with Gasteiger partial charge in [-0.15, -0.1) is 13.2 Å². The van der Waals surface area contributed by atoms with Gasteiger partial charge in [-0.1, -0.05) is 12.2 Å². The third-order valence-electron chi connectivity index (χ3n) is 4.95. The molecule has 0 saturated carbocycles. The van der Waals surface area contributed by atoms with Crippen molar-refractivity contribution in [3.05, 3.63) is 83.7 Å². The van der Waals surface area contributed by atoms with Gasteiger partial charge >= 0.3 is 5.97 Å². The Labute approximate surface area is 201 Å². The van der Waals surface area contributed by atoms with E-state index in [0.717, 1.165) is 25.7 Å². The van der Waals surface area contributed by atoms with Crippen LogP contribution in [-0.4, -0.2) is 19.2 Å². The molecule has 0 spiro atoms. The van der Waals surface area contributed by atoms with Crippen molar-refractivity contribution >= 4 is 5.97 Å². The van der Waals surface area contributed by atoms with Crippen LogP contribution in [0.25, 0.3) is 0 Å². The van der Waals surface area contributed by atoms with Gasteiger partial charge in [0.25, 0.3) is 0 Å². The Morgan fingerprint density at radius 3 is 2.03 bits per heavy atom. The Kier molecular flexibility index (Phi) is 11.3. The van der Waals surface area contributed by atoms with Gasteiger partial charge in [-0.2, -0.15) is 0 Å². The second-order valence-corrected chi connectivity index (χ2v) is 7.55. The molecule has 190 valence electrons. The Hall–Kier alpha value is -3.36. The first kappa shape index (κ1) is 27.9. The minimum Gasteiger partial charge on any atom is -0.494 e. The van der Waals surface area contributed by atoms with Gasteiger partial charge < -0.3 is 14.2 Å². The number of allylic oxidation sites excluding steroid dienone is 2. The van der Waals surface area contributed by atoms with E-state index in [2.05, 4.69) is 13.2 Å². The second kappa shape index (κ2) is 14.1. The summed E-state index contributed by atoms with van der Waals surface area (Å²) in [4.78, 5) is 12.7. The molecule has 0 aliphatic carbocycles. The molecule has 2 aromatic carbocycles. The zero-order chi connectivity index (χ0) is 25.8. The van der Waals surface area contributed by atoms with Gasteiger partial charge in [-0.3, -0.25) is 0 Å². The van der Waals surface area contributed by atoms with Crippen molar-refractivity contribution in [3.8, 4) is 11.5 Å². The average Bonchev–Trinajstić information content (AvgIpc) is 2.86. The highest BCUT2D eigenvalue weighted by atomic mass is 19.2. The van der Waals surface area contributed by atoms with E-state index in [0.29, 0.717) is 25.2 Å². The lowest BCUT2D eigenvalue weighted by molar-refractivity contribution is 0.0456. The van der Waals surface area contributed by atoms with Gasteiger partial charge in [0.1, 0.15) is 23.7 Å². The van der Waals surface area contributed by atoms with Crippen molar-refractivity contribution < 1.29 is 41.0 Å². The second-order valence-electron chi connectivity index (χ2n) is 7.55. The van der Waals surface area contributed by atoms with Crippen LogP contribution in [0.3, 0.4) is 0 Å². The standard InChI is InChI=1S/C26H27F5O4/c1-3-5-7-8-10-14-34-20-12-11-17(33-13-9-6-4-2)15-18(20)26(32)35-16-19-21(27)23(29)25(31)24(30)22(19)28/h3-4,11-12,15H,1-2,5-10,13-14,16H2. The summed E-state index contributed by atoms with van der Waals surface area (Å²) in [6, 6.07) is 4.41. The van der Waals surface area contributed by atoms with Crippen molar-refractivity contribution in [3.63, 3.8) is 0 Å². The molecular weight excluding hydrogens is 471 g/mol. The third kappa shape index (κ3) is 7.83. The summed E-state index contributed by atoms with van der Waals surface area (Å²) in [5.74, 6) is -11.3. The van der Waals surface area contributed by atoms with E-state index in [1.54, 1.807) is 12.1 Å². The van der Waals surface area contributed by atoms with Crippen molar-refractivity contribution in [2.75, 3.05) is 13.2 Å². The van der Waals surface area contributed by atoms with Crippen molar-refractivity contribution in [1.29, 1.82) is 0 Å². The normalized spacial score (nSPS) is 10.7. The predicted octanol–water partition coefficient (Wildman–Crippen LogP) is 7.21. The van der Waals surface area contributed by atoms with Crippen LogP contribution in [0.4, 0.5) is 22.0 Å². The summed E-state index contributed by atoms with van der Waals surface area (Å²) in [6.45, 7) is 6.73. The molecule has 35 heavy (non-hydrogen) atoms. The van der Waals surface area contributed by atoms with Crippen LogP contribution in [-0.2, 0) is 11.3 Å². The first-order valence-corrected chi connectivity index (χ1v) is 11.1. The number of carbonyl (C=O) groups excluding carboxylic acids is 1. The Balaban J connectivity index is 2.18. The van der Waals surface area contributed by atoms with Crippen LogP contribution in [0.1, 0.15) is 54.4 Å². The Morgan fingerprint density at radius 1 is 0.771 bits per heavy atom. The summed E-state index contributed by atoms with van der Waals surface area (Å²) in [5, 5.41) is 0. The molecule has 0 heterocycles. The lowest BCUT2D eigenvalue weighted by Crippen LogP contribution is -2.13. The highest BCUT2D eigenvalue weighted by Crippen LogP contribution is 2.28. The molecule has 0 bridgehead atoms. The molecule has 2 aromatic rings. The molecule has 0 atom stereocenters. The molecule has 0 aliphatic heterocycles. The lowest BCUT2D eigenvalue weighted by Gasteiger charge is -2.14. The number of ether oxygens (including phenoxy) is 3. The number of benzene rings is 2. The summed E-state index contributed by atoms with van der Waals surface area (Å²) < 4.78 is 84.1. The van der Waals surface area contributed by atoms with E-state index in [1.807, 2.05) is 6.08 Å². The highest BCUT2D eigenvalue weighted by molar-refractivity contribution is 5.93. The molecule has 0 N–H and O–H groups in total. The lowest BCUT2D eigenvalue weighted by atomic mass is 10.1. The fourth-order valence-electron chi connectivity index (χ4n) is 3.04. The van der Waals surface area contributed by atoms with Crippen LogP contribution < -0.4 is 9.47 Å². The maximum absolute atomic E-state index is 13.9. The van der Waals surface area contributed by atoms with Gasteiger partial charge in [0, 0.05) is 0 Å². The zero-order valence-electron chi connectivity index (χ0n) is 19.2. The number of hydrogen-bond acceptors (Lipinski definition) is 4. The fourth-order valence-corrected chi connectivity index (χ4v) is 3.04. The van der Waals surface area contributed by atoms with Gasteiger partial charge in [0.05, 0.1) is 18.8 Å². The molecule has 0 fully saturated rings. The quantitative estimate of drug-likeness (QED) is 0.0650. The molecule has 0 aliphatic rings. The fraction of sp³-hybridized carbons (Fsp3) is 0.346. The molecule has 0 saturated heterocycles. The number of hydrogen-bond donors (Lipinski definition) is 0. The monoisotopic (exact) mass is 498 g/mol. The van der Waals surface area contributed by atoms with Gasteiger partial charge in [-0.05, 0) is 56.7 Å². The van der Waals surface area contributed by atoms with Crippen molar-refractivity contribution in [2.24, 2.45) is 0 Å². The summed E-state index contributed by atoms with van der Waals surface area (Å²) in [6.07, 6.45) is 8.33. The van der Waals surface area contributed by atoms with Crippen molar-refractivity contribution in [2.45, 2.75) is 45.1 Å². The van der Waals surface area contributed by atoms with Crippen LogP contribution in [0, 0.1) is 29.1 Å². The molecule has 9 heteroatoms. The average molecular weight is 498 g/mol. The number of unbranched alkanes of at least 4 members (excludes halogenated alkanes) is 4. The Bertz CT molecular complexity index is 1010. The molecule has 2 rings (SSSR count). The maximum atomic E-state index is 13.9. The van der Waals surface area contributed by atoms with Gasteiger partial charge in [0.2, 0.25) is 5.82 Å². The molecule has 4 nitrogen and oxygen atoms in total. The van der Waals surface area contributed by atoms with E-state index < -0.39 is 47.2 Å². The molecule has 0 amide bonds.